The minimum absolute atomic E-state index is 0.0504. The van der Waals surface area contributed by atoms with Crippen LogP contribution in [0.3, 0.4) is 0 Å². The Morgan fingerprint density at radius 3 is 2.75 bits per heavy atom. The van der Waals surface area contributed by atoms with Gasteiger partial charge in [0.2, 0.25) is 0 Å². The average Bonchev–Trinajstić information content (AvgIpc) is 2.44. The van der Waals surface area contributed by atoms with Crippen LogP contribution in [0.2, 0.25) is 5.02 Å². The molecule has 1 amide bonds. The van der Waals surface area contributed by atoms with Gasteiger partial charge in [0.1, 0.15) is 17.1 Å². The molecule has 1 saturated carbocycles. The summed E-state index contributed by atoms with van der Waals surface area (Å²) in [6.45, 7) is 1.59. The number of hydrogen-bond donors (Lipinski definition) is 1. The van der Waals surface area contributed by atoms with Crippen molar-refractivity contribution in [3.8, 4) is 0 Å². The number of halogens is 2. The number of aryl methyl sites for hydroxylation is 1. The van der Waals surface area contributed by atoms with Crippen LogP contribution in [0.15, 0.2) is 33.5 Å². The molecule has 0 spiro atoms. The zero-order valence-corrected chi connectivity index (χ0v) is 14.0. The van der Waals surface area contributed by atoms with E-state index in [-0.39, 0.29) is 28.6 Å². The van der Waals surface area contributed by atoms with Crippen molar-refractivity contribution >= 4 is 17.5 Å². The first-order valence-electron chi connectivity index (χ1n) is 7.83. The van der Waals surface area contributed by atoms with Crippen LogP contribution in [0.5, 0.6) is 0 Å². The molecule has 0 radical (unpaired) electrons. The molecule has 0 atom stereocenters. The highest BCUT2D eigenvalue weighted by Gasteiger charge is 2.25. The maximum atomic E-state index is 13.7. The van der Waals surface area contributed by atoms with E-state index in [1.807, 2.05) is 0 Å². The summed E-state index contributed by atoms with van der Waals surface area (Å²) in [7, 11) is 0. The van der Waals surface area contributed by atoms with E-state index in [1.165, 1.54) is 12.1 Å². The summed E-state index contributed by atoms with van der Waals surface area (Å²) < 4.78 is 19.0. The van der Waals surface area contributed by atoms with E-state index in [4.69, 9.17) is 16.0 Å². The molecule has 0 unspecified atom stereocenters. The fourth-order valence-corrected chi connectivity index (χ4v) is 2.99. The van der Waals surface area contributed by atoms with Crippen molar-refractivity contribution in [3.63, 3.8) is 0 Å². The number of benzene rings is 1. The number of hydrogen-bond acceptors (Lipinski definition) is 3. The Kier molecular flexibility index (Phi) is 4.71. The van der Waals surface area contributed by atoms with Gasteiger partial charge in [0.25, 0.3) is 5.91 Å². The Bertz CT molecular complexity index is 822. The van der Waals surface area contributed by atoms with Crippen molar-refractivity contribution in [1.82, 2.24) is 5.32 Å². The van der Waals surface area contributed by atoms with Gasteiger partial charge in [0.05, 0.1) is 0 Å². The third kappa shape index (κ3) is 3.22. The van der Waals surface area contributed by atoms with E-state index < -0.39 is 17.3 Å². The lowest BCUT2D eigenvalue weighted by Crippen LogP contribution is -2.30. The number of carbonyl (C=O) groups excluding carboxylic acids is 1. The van der Waals surface area contributed by atoms with Gasteiger partial charge in [-0.2, -0.15) is 0 Å². The molecule has 1 fully saturated rings. The zero-order chi connectivity index (χ0) is 17.3. The van der Waals surface area contributed by atoms with Gasteiger partial charge in [-0.15, -0.1) is 0 Å². The molecule has 4 nitrogen and oxygen atoms in total. The minimum atomic E-state index is -0.658. The van der Waals surface area contributed by atoms with Crippen LogP contribution in [0, 0.1) is 12.7 Å². The van der Waals surface area contributed by atoms with Crippen LogP contribution >= 0.6 is 11.6 Å². The molecule has 1 aromatic heterocycles. The molecule has 24 heavy (non-hydrogen) atoms. The fraction of sp³-hybridized carbons (Fsp3) is 0.333. The van der Waals surface area contributed by atoms with E-state index in [1.54, 1.807) is 19.1 Å². The van der Waals surface area contributed by atoms with Crippen LogP contribution in [-0.4, -0.2) is 5.91 Å². The molecular formula is C18H17ClFNO3. The maximum absolute atomic E-state index is 13.7. The quantitative estimate of drug-likeness (QED) is 0.909. The Balaban J connectivity index is 1.79. The topological polar surface area (TPSA) is 59.3 Å². The predicted octanol–water partition coefficient (Wildman–Crippen LogP) is 3.94. The molecule has 0 saturated heterocycles. The number of carbonyl (C=O) groups is 1. The molecule has 0 bridgehead atoms. The standard InChI is InChI=1S/C18H17ClFNO3/c1-10-8-15(11-4-2-5-11)24-18(23)16(10)17(22)21-9-12-13(19)6-3-7-14(12)20/h3,6-8,11H,2,4-5,9H2,1H3,(H,21,22). The molecular weight excluding hydrogens is 333 g/mol. The van der Waals surface area contributed by atoms with E-state index in [9.17, 15) is 14.0 Å². The Labute approximate surface area is 143 Å². The van der Waals surface area contributed by atoms with Crippen molar-refractivity contribution in [2.45, 2.75) is 38.6 Å². The third-order valence-electron chi connectivity index (χ3n) is 4.39. The van der Waals surface area contributed by atoms with E-state index in [2.05, 4.69) is 5.32 Å². The van der Waals surface area contributed by atoms with Gasteiger partial charge in [0, 0.05) is 23.0 Å². The molecule has 1 N–H and O–H groups in total. The number of nitrogens with one attached hydrogen (secondary N) is 1. The Morgan fingerprint density at radius 2 is 2.17 bits per heavy atom. The number of rotatable bonds is 4. The number of amides is 1. The molecule has 1 aliphatic carbocycles. The van der Waals surface area contributed by atoms with E-state index in [0.717, 1.165) is 19.3 Å². The van der Waals surface area contributed by atoms with E-state index in [0.29, 0.717) is 11.3 Å². The molecule has 2 aromatic rings. The second-order valence-electron chi connectivity index (χ2n) is 6.00. The first-order valence-corrected chi connectivity index (χ1v) is 8.21. The van der Waals surface area contributed by atoms with Gasteiger partial charge in [-0.3, -0.25) is 4.79 Å². The maximum Gasteiger partial charge on any atom is 0.349 e. The van der Waals surface area contributed by atoms with Crippen LogP contribution in [0.1, 0.15) is 52.4 Å². The van der Waals surface area contributed by atoms with Crippen molar-refractivity contribution in [2.75, 3.05) is 0 Å². The lowest BCUT2D eigenvalue weighted by atomic mass is 9.83. The van der Waals surface area contributed by atoms with E-state index >= 15 is 0 Å². The van der Waals surface area contributed by atoms with Gasteiger partial charge in [0.15, 0.2) is 0 Å². The molecule has 1 heterocycles. The summed E-state index contributed by atoms with van der Waals surface area (Å²) >= 11 is 5.93. The monoisotopic (exact) mass is 349 g/mol. The second kappa shape index (κ2) is 6.77. The average molecular weight is 350 g/mol. The Morgan fingerprint density at radius 1 is 1.42 bits per heavy atom. The Hall–Kier alpha value is -2.14. The zero-order valence-electron chi connectivity index (χ0n) is 13.2. The molecule has 3 rings (SSSR count). The SMILES string of the molecule is Cc1cc(C2CCC2)oc(=O)c1C(=O)NCc1c(F)cccc1Cl. The van der Waals surface area contributed by atoms with Gasteiger partial charge < -0.3 is 9.73 Å². The van der Waals surface area contributed by atoms with Crippen molar-refractivity contribution in [2.24, 2.45) is 0 Å². The predicted molar refractivity (Wildman–Crippen MR) is 88.9 cm³/mol. The van der Waals surface area contributed by atoms with Crippen molar-refractivity contribution in [3.05, 3.63) is 68.0 Å². The fourth-order valence-electron chi connectivity index (χ4n) is 2.76. The molecule has 0 aliphatic heterocycles. The highest BCUT2D eigenvalue weighted by Crippen LogP contribution is 2.36. The molecule has 1 aromatic carbocycles. The molecule has 6 heteroatoms. The van der Waals surface area contributed by atoms with Crippen LogP contribution in [0.25, 0.3) is 0 Å². The molecule has 1 aliphatic rings. The van der Waals surface area contributed by atoms with Crippen LogP contribution in [0.4, 0.5) is 4.39 Å². The van der Waals surface area contributed by atoms with Crippen LogP contribution < -0.4 is 10.9 Å². The minimum Gasteiger partial charge on any atom is -0.427 e. The van der Waals surface area contributed by atoms with Gasteiger partial charge in [-0.05, 0) is 43.5 Å². The first-order chi connectivity index (χ1) is 11.5. The summed E-state index contributed by atoms with van der Waals surface area (Å²) in [6.07, 6.45) is 3.12. The molecule has 126 valence electrons. The van der Waals surface area contributed by atoms with Crippen molar-refractivity contribution < 1.29 is 13.6 Å². The van der Waals surface area contributed by atoms with Gasteiger partial charge >= 0.3 is 5.63 Å². The third-order valence-corrected chi connectivity index (χ3v) is 4.74. The smallest absolute Gasteiger partial charge is 0.349 e. The van der Waals surface area contributed by atoms with Gasteiger partial charge in [-0.25, -0.2) is 9.18 Å². The second-order valence-corrected chi connectivity index (χ2v) is 6.41. The summed E-state index contributed by atoms with van der Waals surface area (Å²) in [4.78, 5) is 24.5. The highest BCUT2D eigenvalue weighted by atomic mass is 35.5. The highest BCUT2D eigenvalue weighted by molar-refractivity contribution is 6.31. The normalized spacial score (nSPS) is 14.3. The first kappa shape index (κ1) is 16.7. The lowest BCUT2D eigenvalue weighted by Gasteiger charge is -2.24. The summed E-state index contributed by atoms with van der Waals surface area (Å²) in [5.74, 6) is -0.198. The van der Waals surface area contributed by atoms with Crippen molar-refractivity contribution in [1.29, 1.82) is 0 Å². The van der Waals surface area contributed by atoms with Crippen LogP contribution in [-0.2, 0) is 6.54 Å². The summed E-state index contributed by atoms with van der Waals surface area (Å²) in [5, 5.41) is 2.75. The summed E-state index contributed by atoms with van der Waals surface area (Å²) in [5.41, 5.74) is 0.0329. The van der Waals surface area contributed by atoms with Gasteiger partial charge in [-0.1, -0.05) is 24.1 Å². The lowest BCUT2D eigenvalue weighted by molar-refractivity contribution is 0.0945. The summed E-state index contributed by atoms with van der Waals surface area (Å²) in [6, 6.07) is 6.04. The largest absolute Gasteiger partial charge is 0.427 e.